The van der Waals surface area contributed by atoms with E-state index < -0.39 is 10.0 Å². The minimum absolute atomic E-state index is 0.129. The smallest absolute Gasteiger partial charge is 0.242 e. The first-order valence-electron chi connectivity index (χ1n) is 6.01. The summed E-state index contributed by atoms with van der Waals surface area (Å²) in [5.41, 5.74) is 1.38. The molecule has 0 bridgehead atoms. The van der Waals surface area contributed by atoms with Crippen molar-refractivity contribution in [3.05, 3.63) is 40.1 Å². The predicted octanol–water partition coefficient (Wildman–Crippen LogP) is 1.04. The second-order valence-corrected chi connectivity index (χ2v) is 6.95. The summed E-state index contributed by atoms with van der Waals surface area (Å²) in [5, 5.41) is 4.73. The zero-order valence-electron chi connectivity index (χ0n) is 11.3. The molecule has 0 amide bonds. The molecule has 6 nitrogen and oxygen atoms in total. The van der Waals surface area contributed by atoms with E-state index in [1.165, 1.54) is 11.3 Å². The first-order chi connectivity index (χ1) is 9.53. The highest BCUT2D eigenvalue weighted by Gasteiger charge is 2.19. The van der Waals surface area contributed by atoms with Crippen LogP contribution in [0.5, 0.6) is 0 Å². The third kappa shape index (κ3) is 3.60. The van der Waals surface area contributed by atoms with Crippen LogP contribution in [0.25, 0.3) is 0 Å². The first-order valence-corrected chi connectivity index (χ1v) is 8.37. The number of sulfonamides is 1. The second-order valence-electron chi connectivity index (χ2n) is 4.21. The van der Waals surface area contributed by atoms with Crippen molar-refractivity contribution in [3.63, 3.8) is 0 Å². The summed E-state index contributed by atoms with van der Waals surface area (Å²) in [4.78, 5) is 9.31. The Labute approximate surface area is 122 Å². The van der Waals surface area contributed by atoms with E-state index in [2.05, 4.69) is 20.0 Å². The van der Waals surface area contributed by atoms with E-state index >= 15 is 0 Å². The maximum absolute atomic E-state index is 12.2. The Hall–Kier alpha value is -1.35. The molecule has 0 aliphatic heterocycles. The average molecular weight is 312 g/mol. The fraction of sp³-hybridized carbons (Fsp3) is 0.333. The zero-order valence-corrected chi connectivity index (χ0v) is 12.9. The minimum Gasteiger partial charge on any atom is -0.315 e. The molecule has 0 aliphatic rings. The lowest BCUT2D eigenvalue weighted by atomic mass is 10.4. The summed E-state index contributed by atoms with van der Waals surface area (Å²) in [7, 11) is -1.74. The number of nitrogens with one attached hydrogen (secondary N) is 2. The van der Waals surface area contributed by atoms with Crippen LogP contribution < -0.4 is 10.0 Å². The van der Waals surface area contributed by atoms with Crippen LogP contribution in [0, 0.1) is 6.92 Å². The van der Waals surface area contributed by atoms with Gasteiger partial charge in [-0.25, -0.2) is 13.1 Å². The molecule has 0 unspecified atom stereocenters. The molecular formula is C12H16N4O2S2. The number of thiophene rings is 1. The van der Waals surface area contributed by atoms with Gasteiger partial charge in [0.15, 0.2) is 0 Å². The lowest BCUT2D eigenvalue weighted by molar-refractivity contribution is 0.579. The molecule has 2 aromatic heterocycles. The van der Waals surface area contributed by atoms with Gasteiger partial charge < -0.3 is 5.32 Å². The van der Waals surface area contributed by atoms with Crippen molar-refractivity contribution >= 4 is 21.4 Å². The SMILES string of the molecule is CNCc1sccc1S(=O)(=O)NCc1cnc(C)cn1. The summed E-state index contributed by atoms with van der Waals surface area (Å²) < 4.78 is 27.0. The minimum atomic E-state index is -3.53. The quantitative estimate of drug-likeness (QED) is 0.833. The topological polar surface area (TPSA) is 84.0 Å². The lowest BCUT2D eigenvalue weighted by Crippen LogP contribution is -2.24. The Balaban J connectivity index is 2.11. The molecule has 2 rings (SSSR count). The molecule has 2 N–H and O–H groups in total. The van der Waals surface area contributed by atoms with Gasteiger partial charge in [0.05, 0.1) is 29.0 Å². The van der Waals surface area contributed by atoms with Crippen molar-refractivity contribution in [1.29, 1.82) is 0 Å². The van der Waals surface area contributed by atoms with Crippen LogP contribution in [0.3, 0.4) is 0 Å². The molecule has 0 saturated carbocycles. The number of nitrogens with zero attached hydrogens (tertiary/aromatic N) is 2. The summed E-state index contributed by atoms with van der Waals surface area (Å²) >= 11 is 1.41. The Morgan fingerprint density at radius 3 is 2.70 bits per heavy atom. The van der Waals surface area contributed by atoms with Gasteiger partial charge in [0, 0.05) is 17.6 Å². The Morgan fingerprint density at radius 2 is 2.05 bits per heavy atom. The Kier molecular flexibility index (Phi) is 4.81. The summed E-state index contributed by atoms with van der Waals surface area (Å²) in [6, 6.07) is 1.61. The van der Waals surface area contributed by atoms with Crippen molar-refractivity contribution in [1.82, 2.24) is 20.0 Å². The normalized spacial score (nSPS) is 11.7. The molecular weight excluding hydrogens is 296 g/mol. The Morgan fingerprint density at radius 1 is 1.25 bits per heavy atom. The van der Waals surface area contributed by atoms with Gasteiger partial charge in [-0.15, -0.1) is 11.3 Å². The second kappa shape index (κ2) is 6.40. The molecule has 0 aromatic carbocycles. The zero-order chi connectivity index (χ0) is 14.6. The fourth-order valence-corrected chi connectivity index (χ4v) is 4.07. The average Bonchev–Trinajstić information content (AvgIpc) is 2.88. The molecule has 0 atom stereocenters. The van der Waals surface area contributed by atoms with Crippen LogP contribution in [-0.2, 0) is 23.1 Å². The van der Waals surface area contributed by atoms with Gasteiger partial charge in [0.1, 0.15) is 0 Å². The summed E-state index contributed by atoms with van der Waals surface area (Å²) in [6.07, 6.45) is 3.18. The van der Waals surface area contributed by atoms with Gasteiger partial charge in [-0.3, -0.25) is 9.97 Å². The largest absolute Gasteiger partial charge is 0.315 e. The van der Waals surface area contributed by atoms with Crippen molar-refractivity contribution in [2.45, 2.75) is 24.9 Å². The monoisotopic (exact) mass is 312 g/mol. The van der Waals surface area contributed by atoms with Crippen LogP contribution in [0.1, 0.15) is 16.3 Å². The van der Waals surface area contributed by atoms with Gasteiger partial charge >= 0.3 is 0 Å². The fourth-order valence-electron chi connectivity index (χ4n) is 1.62. The molecule has 0 fully saturated rings. The maximum atomic E-state index is 12.2. The van der Waals surface area contributed by atoms with E-state index in [4.69, 9.17) is 0 Å². The predicted molar refractivity (Wildman–Crippen MR) is 77.9 cm³/mol. The summed E-state index contributed by atoms with van der Waals surface area (Å²) in [6.45, 7) is 2.49. The standard InChI is InChI=1S/C12H16N4O2S2/c1-9-5-15-10(6-14-9)7-16-20(17,18)12-3-4-19-11(12)8-13-2/h3-6,13,16H,7-8H2,1-2H3. The molecule has 0 aliphatic carbocycles. The van der Waals surface area contributed by atoms with Crippen LogP contribution in [0.2, 0.25) is 0 Å². The van der Waals surface area contributed by atoms with E-state index in [9.17, 15) is 8.42 Å². The molecule has 8 heteroatoms. The lowest BCUT2D eigenvalue weighted by Gasteiger charge is -2.07. The molecule has 108 valence electrons. The highest BCUT2D eigenvalue weighted by molar-refractivity contribution is 7.89. The summed E-state index contributed by atoms with van der Waals surface area (Å²) in [5.74, 6) is 0. The van der Waals surface area contributed by atoms with Crippen LogP contribution >= 0.6 is 11.3 Å². The van der Waals surface area contributed by atoms with E-state index in [1.54, 1.807) is 30.9 Å². The van der Waals surface area contributed by atoms with Crippen LogP contribution in [-0.4, -0.2) is 25.4 Å². The van der Waals surface area contributed by atoms with Gasteiger partial charge in [-0.05, 0) is 25.4 Å². The van der Waals surface area contributed by atoms with Gasteiger partial charge in [-0.1, -0.05) is 0 Å². The van der Waals surface area contributed by atoms with Crippen molar-refractivity contribution in [3.8, 4) is 0 Å². The van der Waals surface area contributed by atoms with E-state index in [0.717, 1.165) is 10.6 Å². The number of rotatable bonds is 6. The van der Waals surface area contributed by atoms with Gasteiger partial charge in [0.2, 0.25) is 10.0 Å². The van der Waals surface area contributed by atoms with Crippen LogP contribution in [0.15, 0.2) is 28.7 Å². The molecule has 2 heterocycles. The molecule has 20 heavy (non-hydrogen) atoms. The van der Waals surface area contributed by atoms with Crippen LogP contribution in [0.4, 0.5) is 0 Å². The number of hydrogen-bond acceptors (Lipinski definition) is 6. The Bertz CT molecular complexity index is 665. The highest BCUT2D eigenvalue weighted by atomic mass is 32.2. The number of hydrogen-bond donors (Lipinski definition) is 2. The number of aryl methyl sites for hydroxylation is 1. The maximum Gasteiger partial charge on any atom is 0.242 e. The van der Waals surface area contributed by atoms with Gasteiger partial charge in [-0.2, -0.15) is 0 Å². The molecule has 0 spiro atoms. The van der Waals surface area contributed by atoms with Crippen molar-refractivity contribution < 1.29 is 8.42 Å². The molecule has 2 aromatic rings. The van der Waals surface area contributed by atoms with Crippen molar-refractivity contribution in [2.75, 3.05) is 7.05 Å². The van der Waals surface area contributed by atoms with Gasteiger partial charge in [0.25, 0.3) is 0 Å². The third-order valence-electron chi connectivity index (χ3n) is 2.61. The van der Waals surface area contributed by atoms with Crippen molar-refractivity contribution in [2.24, 2.45) is 0 Å². The van der Waals surface area contributed by atoms with E-state index in [1.807, 2.05) is 6.92 Å². The molecule has 0 saturated heterocycles. The highest BCUT2D eigenvalue weighted by Crippen LogP contribution is 2.21. The third-order valence-corrected chi connectivity index (χ3v) is 5.15. The molecule has 0 radical (unpaired) electrons. The first kappa shape index (κ1) is 15.0. The van der Waals surface area contributed by atoms with E-state index in [0.29, 0.717) is 17.1 Å². The number of aromatic nitrogens is 2. The van der Waals surface area contributed by atoms with E-state index in [-0.39, 0.29) is 6.54 Å².